The number of aliphatic hydroxyl groups excluding tert-OH is 1. The van der Waals surface area contributed by atoms with Crippen LogP contribution in [0.15, 0.2) is 72.9 Å². The van der Waals surface area contributed by atoms with Crippen molar-refractivity contribution in [1.29, 1.82) is 0 Å². The van der Waals surface area contributed by atoms with Crippen molar-refractivity contribution in [1.82, 2.24) is 4.57 Å². The Hall–Kier alpha value is -2.56. The van der Waals surface area contributed by atoms with Crippen LogP contribution in [0.2, 0.25) is 0 Å². The van der Waals surface area contributed by atoms with Crippen LogP contribution < -0.4 is 9.64 Å². The van der Waals surface area contributed by atoms with Crippen LogP contribution in [0.25, 0.3) is 0 Å². The van der Waals surface area contributed by atoms with Gasteiger partial charge in [0, 0.05) is 18.7 Å². The van der Waals surface area contributed by atoms with Crippen molar-refractivity contribution in [2.45, 2.75) is 51.3 Å². The van der Waals surface area contributed by atoms with E-state index in [0.717, 1.165) is 43.4 Å². The van der Waals surface area contributed by atoms with Crippen LogP contribution in [0.4, 0.5) is 0 Å². The van der Waals surface area contributed by atoms with Gasteiger partial charge >= 0.3 is 0 Å². The van der Waals surface area contributed by atoms with Gasteiger partial charge in [0.15, 0.2) is 0 Å². The highest BCUT2D eigenvalue weighted by Crippen LogP contribution is 2.22. The molecule has 2 N–H and O–H groups in total. The average molecular weight is 434 g/mol. The van der Waals surface area contributed by atoms with E-state index in [4.69, 9.17) is 4.74 Å². The summed E-state index contributed by atoms with van der Waals surface area (Å²) in [5.41, 5.74) is 3.57. The Kier molecular flexibility index (Phi) is 8.02. The number of methoxy groups -OCH3 is 1. The molecule has 1 unspecified atom stereocenters. The summed E-state index contributed by atoms with van der Waals surface area (Å²) in [6.07, 6.45) is 8.47. The smallest absolute Gasteiger partial charge is 0.128 e. The highest BCUT2D eigenvalue weighted by Gasteiger charge is 2.24. The highest BCUT2D eigenvalue weighted by molar-refractivity contribution is 5.29. The number of nitrogens with one attached hydrogen (secondary N) is 1. The van der Waals surface area contributed by atoms with Gasteiger partial charge in [-0.2, -0.15) is 0 Å². The van der Waals surface area contributed by atoms with Crippen LogP contribution in [0, 0.1) is 5.92 Å². The van der Waals surface area contributed by atoms with E-state index in [1.165, 1.54) is 48.3 Å². The molecule has 1 saturated carbocycles. The highest BCUT2D eigenvalue weighted by atomic mass is 16.5. The average Bonchev–Trinajstić information content (AvgIpc) is 3.26. The second kappa shape index (κ2) is 11.3. The molecule has 1 heterocycles. The number of benzene rings is 2. The first-order chi connectivity index (χ1) is 15.7. The molecule has 32 heavy (non-hydrogen) atoms. The van der Waals surface area contributed by atoms with Crippen LogP contribution in [0.1, 0.15) is 55.0 Å². The molecule has 2 atom stereocenters. The lowest BCUT2D eigenvalue weighted by Crippen LogP contribution is -3.12. The van der Waals surface area contributed by atoms with Crippen LogP contribution in [-0.4, -0.2) is 29.9 Å². The van der Waals surface area contributed by atoms with Crippen molar-refractivity contribution in [3.05, 3.63) is 89.7 Å². The van der Waals surface area contributed by atoms with Gasteiger partial charge in [0.1, 0.15) is 24.9 Å². The zero-order chi connectivity index (χ0) is 22.2. The van der Waals surface area contributed by atoms with E-state index in [0.29, 0.717) is 0 Å². The molecule has 4 rings (SSSR count). The number of hydrogen-bond acceptors (Lipinski definition) is 2. The van der Waals surface area contributed by atoms with Crippen LogP contribution in [0.5, 0.6) is 5.75 Å². The maximum Gasteiger partial charge on any atom is 0.128 e. The Morgan fingerprint density at radius 3 is 2.59 bits per heavy atom. The second-order valence-electron chi connectivity index (χ2n) is 9.24. The van der Waals surface area contributed by atoms with Gasteiger partial charge < -0.3 is 19.3 Å². The molecule has 4 heteroatoms. The van der Waals surface area contributed by atoms with Crippen molar-refractivity contribution >= 4 is 0 Å². The standard InChI is InChI=1S/C28H36N2O2/c1-32-27-16-8-12-24(18-27)20-30-17-9-15-26(30)21-29(19-23-10-4-2-5-11-23)22-28(31)25-13-6-3-7-14-25/h3,6-9,12-18,23,28,31H,2,4-5,10-11,19-22H2,1H3/p+1/t28-/m0/s1. The molecule has 0 amide bonds. The van der Waals surface area contributed by atoms with Gasteiger partial charge in [-0.3, -0.25) is 0 Å². The molecule has 170 valence electrons. The molecule has 1 fully saturated rings. The SMILES string of the molecule is COc1cccc(Cn2cccc2C[NH+](CC2CCCCC2)C[C@H](O)c2ccccc2)c1. The van der Waals surface area contributed by atoms with Crippen molar-refractivity contribution in [3.8, 4) is 5.75 Å². The number of ether oxygens (including phenoxy) is 1. The first-order valence-corrected chi connectivity index (χ1v) is 12.0. The summed E-state index contributed by atoms with van der Waals surface area (Å²) in [5, 5.41) is 11.0. The molecule has 1 aliphatic carbocycles. The number of aromatic nitrogens is 1. The number of rotatable bonds is 10. The molecular formula is C28H37N2O2+. The molecule has 0 saturated heterocycles. The van der Waals surface area contributed by atoms with Crippen molar-refractivity contribution in [2.24, 2.45) is 5.92 Å². The van der Waals surface area contributed by atoms with E-state index in [1.54, 1.807) is 7.11 Å². The third-order valence-electron chi connectivity index (χ3n) is 6.81. The topological polar surface area (TPSA) is 38.8 Å². The van der Waals surface area contributed by atoms with Gasteiger partial charge in [-0.05, 0) is 48.2 Å². The molecule has 4 nitrogen and oxygen atoms in total. The lowest BCUT2D eigenvalue weighted by molar-refractivity contribution is -0.921. The minimum atomic E-state index is -0.434. The normalized spacial score (nSPS) is 16.6. The molecule has 1 aliphatic rings. The fraction of sp³-hybridized carbons (Fsp3) is 0.429. The number of quaternary nitrogens is 1. The number of nitrogens with zero attached hydrogens (tertiary/aromatic N) is 1. The quantitative estimate of drug-likeness (QED) is 0.502. The summed E-state index contributed by atoms with van der Waals surface area (Å²) >= 11 is 0. The number of hydrogen-bond donors (Lipinski definition) is 2. The Bertz CT molecular complexity index is 947. The fourth-order valence-corrected chi connectivity index (χ4v) is 5.08. The van der Waals surface area contributed by atoms with Crippen LogP contribution in [-0.2, 0) is 13.1 Å². The third kappa shape index (κ3) is 6.24. The summed E-state index contributed by atoms with van der Waals surface area (Å²) in [4.78, 5) is 1.47. The monoisotopic (exact) mass is 433 g/mol. The van der Waals surface area contributed by atoms with Gasteiger partial charge in [-0.15, -0.1) is 0 Å². The molecule has 0 bridgehead atoms. The van der Waals surface area contributed by atoms with Crippen LogP contribution >= 0.6 is 0 Å². The van der Waals surface area contributed by atoms with Crippen LogP contribution in [0.3, 0.4) is 0 Å². The Morgan fingerprint density at radius 1 is 1.00 bits per heavy atom. The van der Waals surface area contributed by atoms with E-state index in [9.17, 15) is 5.11 Å². The zero-order valence-electron chi connectivity index (χ0n) is 19.2. The number of aliphatic hydroxyl groups is 1. The molecule has 0 radical (unpaired) electrons. The predicted octanol–water partition coefficient (Wildman–Crippen LogP) is 4.24. The maximum absolute atomic E-state index is 11.0. The summed E-state index contributed by atoms with van der Waals surface area (Å²) in [6.45, 7) is 3.63. The first-order valence-electron chi connectivity index (χ1n) is 12.0. The molecule has 1 aromatic heterocycles. The van der Waals surface area contributed by atoms with E-state index in [1.807, 2.05) is 42.5 Å². The molecule has 0 spiro atoms. The van der Waals surface area contributed by atoms with E-state index in [2.05, 4.69) is 35.0 Å². The fourth-order valence-electron chi connectivity index (χ4n) is 5.08. The zero-order valence-corrected chi connectivity index (χ0v) is 19.2. The van der Waals surface area contributed by atoms with E-state index in [-0.39, 0.29) is 0 Å². The Balaban J connectivity index is 1.48. The lowest BCUT2D eigenvalue weighted by atomic mass is 9.89. The van der Waals surface area contributed by atoms with Crippen molar-refractivity contribution in [3.63, 3.8) is 0 Å². The van der Waals surface area contributed by atoms with Gasteiger partial charge in [0.2, 0.25) is 0 Å². The van der Waals surface area contributed by atoms with Crippen molar-refractivity contribution in [2.75, 3.05) is 20.2 Å². The van der Waals surface area contributed by atoms with Gasteiger partial charge in [0.25, 0.3) is 0 Å². The maximum atomic E-state index is 11.0. The summed E-state index contributed by atoms with van der Waals surface area (Å²) in [6, 6.07) is 22.8. The van der Waals surface area contributed by atoms with Crippen molar-refractivity contribution < 1.29 is 14.7 Å². The Morgan fingerprint density at radius 2 is 1.81 bits per heavy atom. The minimum absolute atomic E-state index is 0.434. The molecule has 0 aliphatic heterocycles. The molecule has 3 aromatic rings. The first kappa shape index (κ1) is 22.6. The second-order valence-corrected chi connectivity index (χ2v) is 9.24. The summed E-state index contributed by atoms with van der Waals surface area (Å²) in [7, 11) is 1.71. The predicted molar refractivity (Wildman–Crippen MR) is 129 cm³/mol. The molecule has 2 aromatic carbocycles. The lowest BCUT2D eigenvalue weighted by Gasteiger charge is -2.29. The molecular weight excluding hydrogens is 396 g/mol. The summed E-state index contributed by atoms with van der Waals surface area (Å²) < 4.78 is 7.74. The van der Waals surface area contributed by atoms with Gasteiger partial charge in [-0.25, -0.2) is 0 Å². The van der Waals surface area contributed by atoms with Gasteiger partial charge in [0.05, 0.1) is 19.3 Å². The van der Waals surface area contributed by atoms with E-state index < -0.39 is 6.10 Å². The van der Waals surface area contributed by atoms with E-state index >= 15 is 0 Å². The Labute approximate surface area is 192 Å². The summed E-state index contributed by atoms with van der Waals surface area (Å²) in [5.74, 6) is 1.66. The van der Waals surface area contributed by atoms with Gasteiger partial charge in [-0.1, -0.05) is 61.7 Å². The third-order valence-corrected chi connectivity index (χ3v) is 6.81. The minimum Gasteiger partial charge on any atom is -0.497 e. The largest absolute Gasteiger partial charge is 0.497 e.